The zero-order valence-corrected chi connectivity index (χ0v) is 12.9. The molecule has 6 heteroatoms. The van der Waals surface area contributed by atoms with E-state index in [0.29, 0.717) is 24.0 Å². The monoisotopic (exact) mass is 323 g/mol. The molecular weight excluding hydrogens is 305 g/mol. The van der Waals surface area contributed by atoms with Crippen molar-refractivity contribution >= 4 is 9.84 Å². The molecule has 1 aromatic carbocycles. The number of halogens is 1. The first kappa shape index (κ1) is 15.4. The van der Waals surface area contributed by atoms with Gasteiger partial charge in [0.05, 0.1) is 27.7 Å². The van der Waals surface area contributed by atoms with E-state index in [4.69, 9.17) is 5.26 Å². The molecule has 0 aliphatic carbocycles. The van der Waals surface area contributed by atoms with Crippen molar-refractivity contribution in [1.82, 2.24) is 0 Å². The lowest BCUT2D eigenvalue weighted by Gasteiger charge is -2.44. The Bertz CT molecular complexity index is 718. The summed E-state index contributed by atoms with van der Waals surface area (Å²) in [6, 6.07) is 5.87. The highest BCUT2D eigenvalue weighted by Gasteiger charge is 2.50. The Labute approximate surface area is 129 Å². The summed E-state index contributed by atoms with van der Waals surface area (Å²) in [4.78, 5) is 0. The molecule has 0 saturated carbocycles. The van der Waals surface area contributed by atoms with E-state index in [9.17, 15) is 17.9 Å². The molecule has 0 amide bonds. The minimum atomic E-state index is -3.15. The van der Waals surface area contributed by atoms with E-state index < -0.39 is 31.8 Å². The number of sulfone groups is 1. The van der Waals surface area contributed by atoms with Crippen LogP contribution in [-0.4, -0.2) is 29.6 Å². The Morgan fingerprint density at radius 3 is 2.55 bits per heavy atom. The molecule has 0 spiro atoms. The summed E-state index contributed by atoms with van der Waals surface area (Å²) in [7, 11) is -3.15. The third-order valence-corrected chi connectivity index (χ3v) is 7.57. The van der Waals surface area contributed by atoms with Gasteiger partial charge < -0.3 is 5.11 Å². The molecule has 2 atom stereocenters. The van der Waals surface area contributed by atoms with Gasteiger partial charge in [-0.15, -0.1) is 0 Å². The van der Waals surface area contributed by atoms with Gasteiger partial charge >= 0.3 is 0 Å². The van der Waals surface area contributed by atoms with Crippen molar-refractivity contribution < 1.29 is 17.9 Å². The van der Waals surface area contributed by atoms with E-state index in [2.05, 4.69) is 0 Å². The molecule has 22 heavy (non-hydrogen) atoms. The first-order valence-corrected chi connectivity index (χ1v) is 9.09. The van der Waals surface area contributed by atoms with Gasteiger partial charge in [0.25, 0.3) is 0 Å². The lowest BCUT2D eigenvalue weighted by molar-refractivity contribution is 0.00980. The van der Waals surface area contributed by atoms with E-state index >= 15 is 0 Å². The molecule has 1 N–H and O–H groups in total. The Morgan fingerprint density at radius 1 is 1.32 bits per heavy atom. The van der Waals surface area contributed by atoms with Crippen molar-refractivity contribution in [2.75, 3.05) is 0 Å². The zero-order valence-electron chi connectivity index (χ0n) is 12.1. The Morgan fingerprint density at radius 2 is 1.95 bits per heavy atom. The average Bonchev–Trinajstić information content (AvgIpc) is 2.41. The summed E-state index contributed by atoms with van der Waals surface area (Å²) in [6.45, 7) is 0. The third-order valence-electron chi connectivity index (χ3n) is 4.90. The Hall–Kier alpha value is -1.45. The Balaban J connectivity index is 1.90. The number of rotatable bonds is 2. The average molecular weight is 323 g/mol. The third kappa shape index (κ3) is 2.64. The Kier molecular flexibility index (Phi) is 3.74. The van der Waals surface area contributed by atoms with Crippen LogP contribution >= 0.6 is 0 Å². The minimum absolute atomic E-state index is 0.121. The van der Waals surface area contributed by atoms with Crippen LogP contribution in [0, 0.1) is 17.1 Å². The number of nitriles is 1. The van der Waals surface area contributed by atoms with Crippen LogP contribution in [0.2, 0.25) is 0 Å². The number of benzene rings is 1. The van der Waals surface area contributed by atoms with Gasteiger partial charge in [-0.1, -0.05) is 6.42 Å². The smallest absolute Gasteiger partial charge is 0.156 e. The maximum absolute atomic E-state index is 13.4. The quantitative estimate of drug-likeness (QED) is 0.904. The predicted octanol–water partition coefficient (Wildman–Crippen LogP) is 2.10. The van der Waals surface area contributed by atoms with Crippen LogP contribution in [0.25, 0.3) is 0 Å². The molecule has 2 unspecified atom stereocenters. The summed E-state index contributed by atoms with van der Waals surface area (Å²) in [6.07, 6.45) is 2.50. The van der Waals surface area contributed by atoms with Crippen LogP contribution in [0.1, 0.15) is 43.2 Å². The lowest BCUT2D eigenvalue weighted by Crippen LogP contribution is -2.52. The largest absolute Gasteiger partial charge is 0.389 e. The number of fused-ring (bicyclic) bond motifs is 2. The highest BCUT2D eigenvalue weighted by molar-refractivity contribution is 7.92. The fraction of sp³-hybridized carbons (Fsp3) is 0.562. The van der Waals surface area contributed by atoms with Crippen molar-refractivity contribution in [2.24, 2.45) is 0 Å². The van der Waals surface area contributed by atoms with Gasteiger partial charge in [0, 0.05) is 6.42 Å². The topological polar surface area (TPSA) is 78.2 Å². The molecule has 118 valence electrons. The molecule has 0 aromatic heterocycles. The van der Waals surface area contributed by atoms with Gasteiger partial charge in [0.15, 0.2) is 9.84 Å². The molecule has 2 heterocycles. The van der Waals surface area contributed by atoms with Crippen molar-refractivity contribution in [2.45, 2.75) is 54.6 Å². The van der Waals surface area contributed by atoms with Crippen molar-refractivity contribution in [3.05, 3.63) is 35.1 Å². The second-order valence-corrected chi connectivity index (χ2v) is 9.00. The standard InChI is InChI=1S/C16H18FNO3S/c17-13-5-4-11(10-18)12(6-13)7-16(19)8-14-2-1-3-15(9-16)22(14,20)21/h4-6,14-15,19H,1-3,7-9H2. The fourth-order valence-corrected chi connectivity index (χ4v) is 6.48. The first-order chi connectivity index (χ1) is 10.3. The van der Waals surface area contributed by atoms with E-state index in [-0.39, 0.29) is 19.3 Å². The van der Waals surface area contributed by atoms with Crippen LogP contribution in [-0.2, 0) is 16.3 Å². The van der Waals surface area contributed by atoms with Crippen molar-refractivity contribution in [3.8, 4) is 6.07 Å². The van der Waals surface area contributed by atoms with E-state index in [1.807, 2.05) is 6.07 Å². The summed E-state index contributed by atoms with van der Waals surface area (Å²) in [5.74, 6) is -0.457. The molecule has 2 saturated heterocycles. The number of nitrogens with zero attached hydrogens (tertiary/aromatic N) is 1. The summed E-state index contributed by atoms with van der Waals surface area (Å²) in [5, 5.41) is 19.0. The van der Waals surface area contributed by atoms with Gasteiger partial charge in [0.2, 0.25) is 0 Å². The minimum Gasteiger partial charge on any atom is -0.389 e. The van der Waals surface area contributed by atoms with Gasteiger partial charge in [-0.2, -0.15) is 5.26 Å². The van der Waals surface area contributed by atoms with Crippen molar-refractivity contribution in [3.63, 3.8) is 0 Å². The number of hydrogen-bond donors (Lipinski definition) is 1. The molecule has 2 fully saturated rings. The molecule has 2 bridgehead atoms. The van der Waals surface area contributed by atoms with Crippen LogP contribution in [0.3, 0.4) is 0 Å². The summed E-state index contributed by atoms with van der Waals surface area (Å²) in [5.41, 5.74) is -0.406. The molecule has 4 nitrogen and oxygen atoms in total. The summed E-state index contributed by atoms with van der Waals surface area (Å²) < 4.78 is 38.0. The second kappa shape index (κ2) is 5.32. The molecule has 0 radical (unpaired) electrons. The molecule has 2 aliphatic heterocycles. The second-order valence-electron chi connectivity index (χ2n) is 6.49. The predicted molar refractivity (Wildman–Crippen MR) is 79.3 cm³/mol. The van der Waals surface area contributed by atoms with Crippen LogP contribution < -0.4 is 0 Å². The molecular formula is C16H18FNO3S. The summed E-state index contributed by atoms with van der Waals surface area (Å²) >= 11 is 0. The number of hydrogen-bond acceptors (Lipinski definition) is 4. The highest BCUT2D eigenvalue weighted by atomic mass is 32.2. The fourth-order valence-electron chi connectivity index (χ4n) is 3.86. The normalized spacial score (nSPS) is 33.1. The van der Waals surface area contributed by atoms with Crippen molar-refractivity contribution in [1.29, 1.82) is 5.26 Å². The maximum atomic E-state index is 13.4. The van der Waals surface area contributed by atoms with E-state index in [0.717, 1.165) is 6.42 Å². The molecule has 2 aliphatic rings. The van der Waals surface area contributed by atoms with Gasteiger partial charge in [-0.3, -0.25) is 0 Å². The van der Waals surface area contributed by atoms with Crippen LogP contribution in [0.15, 0.2) is 18.2 Å². The zero-order chi connectivity index (χ0) is 16.0. The molecule has 3 rings (SSSR count). The van der Waals surface area contributed by atoms with Gasteiger partial charge in [0.1, 0.15) is 5.82 Å². The van der Waals surface area contributed by atoms with E-state index in [1.165, 1.54) is 18.2 Å². The van der Waals surface area contributed by atoms with Crippen LogP contribution in [0.4, 0.5) is 4.39 Å². The van der Waals surface area contributed by atoms with Crippen LogP contribution in [0.5, 0.6) is 0 Å². The van der Waals surface area contributed by atoms with E-state index in [1.54, 1.807) is 0 Å². The SMILES string of the molecule is N#Cc1ccc(F)cc1CC1(O)CC2CCCC(C1)S2(=O)=O. The number of aliphatic hydroxyl groups is 1. The first-order valence-electron chi connectivity index (χ1n) is 7.48. The van der Waals surface area contributed by atoms with Gasteiger partial charge in [-0.25, -0.2) is 12.8 Å². The molecule has 1 aromatic rings. The lowest BCUT2D eigenvalue weighted by atomic mass is 9.80. The highest BCUT2D eigenvalue weighted by Crippen LogP contribution is 2.42. The van der Waals surface area contributed by atoms with Gasteiger partial charge in [-0.05, 0) is 49.4 Å². The maximum Gasteiger partial charge on any atom is 0.156 e.